The highest BCUT2D eigenvalue weighted by molar-refractivity contribution is 7.59. The molecule has 0 bridgehead atoms. The number of unbranched alkanes of at least 4 members (excludes halogenated alkanes) is 1. The molecule has 1 rings (SSSR count). The van der Waals surface area contributed by atoms with Gasteiger partial charge in [-0.3, -0.25) is 4.57 Å². The third-order valence-electron chi connectivity index (χ3n) is 2.38. The summed E-state index contributed by atoms with van der Waals surface area (Å²) in [5.41, 5.74) is 0. The van der Waals surface area contributed by atoms with Gasteiger partial charge in [0.25, 0.3) is 0 Å². The monoisotopic (exact) mass is 190 g/mol. The SMILES string of the molecule is CCCCOP1(=O)CCC(C)C1. The van der Waals surface area contributed by atoms with Crippen molar-refractivity contribution in [2.75, 3.05) is 18.9 Å². The zero-order valence-corrected chi connectivity index (χ0v) is 8.98. The van der Waals surface area contributed by atoms with Gasteiger partial charge in [0.15, 0.2) is 0 Å². The zero-order chi connectivity index (χ0) is 9.03. The molecule has 1 saturated heterocycles. The quantitative estimate of drug-likeness (QED) is 0.503. The van der Waals surface area contributed by atoms with E-state index in [0.29, 0.717) is 12.5 Å². The van der Waals surface area contributed by atoms with Crippen molar-refractivity contribution >= 4 is 7.37 Å². The number of hydrogen-bond donors (Lipinski definition) is 0. The van der Waals surface area contributed by atoms with Crippen molar-refractivity contribution in [2.45, 2.75) is 33.1 Å². The molecule has 0 spiro atoms. The lowest BCUT2D eigenvalue weighted by Crippen LogP contribution is -1.96. The fourth-order valence-corrected chi connectivity index (χ4v) is 4.41. The summed E-state index contributed by atoms with van der Waals surface area (Å²) in [5, 5.41) is 0. The van der Waals surface area contributed by atoms with Gasteiger partial charge in [0.2, 0.25) is 7.37 Å². The molecular weight excluding hydrogens is 171 g/mol. The van der Waals surface area contributed by atoms with Crippen LogP contribution in [0.5, 0.6) is 0 Å². The van der Waals surface area contributed by atoms with Crippen LogP contribution in [0, 0.1) is 5.92 Å². The van der Waals surface area contributed by atoms with E-state index in [1.54, 1.807) is 0 Å². The largest absolute Gasteiger partial charge is 0.328 e. The van der Waals surface area contributed by atoms with Crippen LogP contribution in [-0.4, -0.2) is 18.9 Å². The predicted molar refractivity (Wildman–Crippen MR) is 52.0 cm³/mol. The molecule has 0 saturated carbocycles. The van der Waals surface area contributed by atoms with E-state index in [4.69, 9.17) is 4.52 Å². The summed E-state index contributed by atoms with van der Waals surface area (Å²) >= 11 is 0. The molecule has 2 unspecified atom stereocenters. The molecule has 72 valence electrons. The second-order valence-electron chi connectivity index (χ2n) is 3.80. The highest BCUT2D eigenvalue weighted by Gasteiger charge is 2.32. The van der Waals surface area contributed by atoms with Gasteiger partial charge in [-0.25, -0.2) is 0 Å². The van der Waals surface area contributed by atoms with Crippen LogP contribution < -0.4 is 0 Å². The molecule has 2 nitrogen and oxygen atoms in total. The molecule has 0 aromatic carbocycles. The Hall–Kier alpha value is 0.190. The average molecular weight is 190 g/mol. The Morgan fingerprint density at radius 3 is 2.83 bits per heavy atom. The van der Waals surface area contributed by atoms with Gasteiger partial charge in [-0.1, -0.05) is 20.3 Å². The number of hydrogen-bond acceptors (Lipinski definition) is 2. The Kier molecular flexibility index (Phi) is 3.79. The van der Waals surface area contributed by atoms with Crippen LogP contribution >= 0.6 is 7.37 Å². The highest BCUT2D eigenvalue weighted by Crippen LogP contribution is 2.54. The molecule has 0 aliphatic carbocycles. The summed E-state index contributed by atoms with van der Waals surface area (Å²) in [6.07, 6.45) is 4.88. The molecule has 0 amide bonds. The fourth-order valence-electron chi connectivity index (χ4n) is 1.57. The van der Waals surface area contributed by atoms with E-state index in [2.05, 4.69) is 13.8 Å². The van der Waals surface area contributed by atoms with E-state index in [9.17, 15) is 4.57 Å². The molecule has 0 aromatic rings. The van der Waals surface area contributed by atoms with Crippen LogP contribution in [0.4, 0.5) is 0 Å². The second kappa shape index (κ2) is 4.43. The van der Waals surface area contributed by atoms with Crippen molar-refractivity contribution in [3.63, 3.8) is 0 Å². The smallest absolute Gasteiger partial charge is 0.203 e. The third-order valence-corrected chi connectivity index (χ3v) is 5.15. The van der Waals surface area contributed by atoms with Crippen LogP contribution in [0.15, 0.2) is 0 Å². The van der Waals surface area contributed by atoms with Crippen LogP contribution in [-0.2, 0) is 9.09 Å². The first-order chi connectivity index (χ1) is 5.66. The van der Waals surface area contributed by atoms with Crippen LogP contribution in [0.1, 0.15) is 33.1 Å². The molecule has 12 heavy (non-hydrogen) atoms. The van der Waals surface area contributed by atoms with E-state index in [0.717, 1.165) is 31.6 Å². The first-order valence-corrected chi connectivity index (χ1v) is 6.88. The predicted octanol–water partition coefficient (Wildman–Crippen LogP) is 3.12. The summed E-state index contributed by atoms with van der Waals surface area (Å²) in [6.45, 7) is 4.97. The molecule has 1 aliphatic heterocycles. The Labute approximate surface area is 75.1 Å². The lowest BCUT2D eigenvalue weighted by Gasteiger charge is -2.11. The van der Waals surface area contributed by atoms with Crippen molar-refractivity contribution in [1.29, 1.82) is 0 Å². The van der Waals surface area contributed by atoms with Crippen molar-refractivity contribution in [3.05, 3.63) is 0 Å². The van der Waals surface area contributed by atoms with Crippen LogP contribution in [0.25, 0.3) is 0 Å². The van der Waals surface area contributed by atoms with Crippen molar-refractivity contribution < 1.29 is 9.09 Å². The number of rotatable bonds is 4. The van der Waals surface area contributed by atoms with Gasteiger partial charge in [0.1, 0.15) is 0 Å². The van der Waals surface area contributed by atoms with Gasteiger partial charge in [0.05, 0.1) is 6.61 Å². The third kappa shape index (κ3) is 2.91. The van der Waals surface area contributed by atoms with E-state index in [1.165, 1.54) is 0 Å². The maximum absolute atomic E-state index is 11.9. The molecule has 0 aromatic heterocycles. The van der Waals surface area contributed by atoms with Gasteiger partial charge >= 0.3 is 0 Å². The lowest BCUT2D eigenvalue weighted by molar-refractivity contribution is 0.309. The Morgan fingerprint density at radius 2 is 2.33 bits per heavy atom. The van der Waals surface area contributed by atoms with Crippen LogP contribution in [0.2, 0.25) is 0 Å². The molecule has 1 fully saturated rings. The van der Waals surface area contributed by atoms with E-state index in [1.807, 2.05) is 0 Å². The van der Waals surface area contributed by atoms with E-state index < -0.39 is 7.37 Å². The summed E-state index contributed by atoms with van der Waals surface area (Å²) in [5.74, 6) is 0.609. The molecule has 1 heterocycles. The summed E-state index contributed by atoms with van der Waals surface area (Å²) in [7, 11) is -2.16. The maximum Gasteiger partial charge on any atom is 0.203 e. The first kappa shape index (κ1) is 10.3. The first-order valence-electron chi connectivity index (χ1n) is 4.89. The molecule has 2 atom stereocenters. The lowest BCUT2D eigenvalue weighted by atomic mass is 10.2. The Balaban J connectivity index is 2.26. The zero-order valence-electron chi connectivity index (χ0n) is 8.08. The Morgan fingerprint density at radius 1 is 1.58 bits per heavy atom. The normalized spacial score (nSPS) is 35.7. The van der Waals surface area contributed by atoms with E-state index in [-0.39, 0.29) is 0 Å². The van der Waals surface area contributed by atoms with Gasteiger partial charge in [-0.2, -0.15) is 0 Å². The molecule has 0 radical (unpaired) electrons. The van der Waals surface area contributed by atoms with Gasteiger partial charge < -0.3 is 4.52 Å². The fraction of sp³-hybridized carbons (Fsp3) is 1.00. The maximum atomic E-state index is 11.9. The van der Waals surface area contributed by atoms with Crippen LogP contribution in [0.3, 0.4) is 0 Å². The minimum atomic E-state index is -2.16. The van der Waals surface area contributed by atoms with Crippen molar-refractivity contribution in [2.24, 2.45) is 5.92 Å². The topological polar surface area (TPSA) is 26.3 Å². The molecule has 3 heteroatoms. The Bertz CT molecular complexity index is 179. The summed E-state index contributed by atoms with van der Waals surface area (Å²) in [4.78, 5) is 0. The van der Waals surface area contributed by atoms with Crippen molar-refractivity contribution in [1.82, 2.24) is 0 Å². The second-order valence-corrected chi connectivity index (χ2v) is 6.50. The van der Waals surface area contributed by atoms with Gasteiger partial charge in [0, 0.05) is 12.3 Å². The summed E-state index contributed by atoms with van der Waals surface area (Å²) < 4.78 is 17.3. The molecule has 0 N–H and O–H groups in total. The molecular formula is C9H19O2P. The standard InChI is InChI=1S/C9H19O2P/c1-3-4-6-11-12(10)7-5-9(2)8-12/h9H,3-8H2,1-2H3. The van der Waals surface area contributed by atoms with Gasteiger partial charge in [-0.15, -0.1) is 0 Å². The van der Waals surface area contributed by atoms with E-state index >= 15 is 0 Å². The minimum absolute atomic E-state index is 0.609. The molecule has 1 aliphatic rings. The van der Waals surface area contributed by atoms with Gasteiger partial charge in [-0.05, 0) is 18.8 Å². The minimum Gasteiger partial charge on any atom is -0.328 e. The van der Waals surface area contributed by atoms with Crippen molar-refractivity contribution in [3.8, 4) is 0 Å². The summed E-state index contributed by atoms with van der Waals surface area (Å²) in [6, 6.07) is 0. The highest BCUT2D eigenvalue weighted by atomic mass is 31.2. The average Bonchev–Trinajstić information content (AvgIpc) is 2.32.